The van der Waals surface area contributed by atoms with Crippen LogP contribution in [0.1, 0.15) is 11.5 Å². The summed E-state index contributed by atoms with van der Waals surface area (Å²) in [6.07, 6.45) is 1.81. The average Bonchev–Trinajstić information content (AvgIpc) is 2.71. The second-order valence-corrected chi connectivity index (χ2v) is 5.00. The maximum atomic E-state index is 4.26. The minimum atomic E-state index is 0.805. The fourth-order valence-corrected chi connectivity index (χ4v) is 2.30. The first-order chi connectivity index (χ1) is 8.77. The van der Waals surface area contributed by atoms with Gasteiger partial charge in [-0.25, -0.2) is 0 Å². The second-order valence-electron chi connectivity index (χ2n) is 3.94. The predicted octanol–water partition coefficient (Wildman–Crippen LogP) is 1.40. The molecule has 0 saturated heterocycles. The monoisotopic (exact) mass is 263 g/mol. The summed E-state index contributed by atoms with van der Waals surface area (Å²) in [5.74, 6) is 1.91. The third kappa shape index (κ3) is 3.54. The van der Waals surface area contributed by atoms with E-state index in [1.54, 1.807) is 11.8 Å². The Labute approximate surface area is 111 Å². The van der Waals surface area contributed by atoms with E-state index in [4.69, 9.17) is 0 Å². The van der Waals surface area contributed by atoms with E-state index >= 15 is 0 Å². The third-order valence-electron chi connectivity index (χ3n) is 2.59. The van der Waals surface area contributed by atoms with Crippen LogP contribution in [0.15, 0.2) is 29.6 Å². The second kappa shape index (κ2) is 6.51. The number of hydrogen-bond donors (Lipinski definition) is 1. The van der Waals surface area contributed by atoms with E-state index in [0.717, 1.165) is 35.5 Å². The first-order valence-corrected chi connectivity index (χ1v) is 6.85. The summed E-state index contributed by atoms with van der Waals surface area (Å²) in [5.41, 5.74) is 1.07. The van der Waals surface area contributed by atoms with Crippen LogP contribution in [-0.2, 0) is 13.6 Å². The van der Waals surface area contributed by atoms with Gasteiger partial charge < -0.3 is 9.88 Å². The summed E-state index contributed by atoms with van der Waals surface area (Å²) in [4.78, 5) is 4.26. The minimum Gasteiger partial charge on any atom is -0.310 e. The van der Waals surface area contributed by atoms with Crippen molar-refractivity contribution >= 4 is 11.8 Å². The van der Waals surface area contributed by atoms with Crippen LogP contribution in [0.4, 0.5) is 0 Å². The van der Waals surface area contributed by atoms with Gasteiger partial charge in [-0.15, -0.1) is 10.2 Å². The van der Waals surface area contributed by atoms with E-state index in [0.29, 0.717) is 0 Å². The zero-order valence-electron chi connectivity index (χ0n) is 10.6. The standard InChI is InChI=1S/C12H17N5S/c1-10-15-16-12(17(10)2)18-8-7-13-9-11-5-3-4-6-14-11/h3-6,13H,7-9H2,1-2H3. The van der Waals surface area contributed by atoms with Gasteiger partial charge in [0.05, 0.1) is 5.69 Å². The lowest BCUT2D eigenvalue weighted by Crippen LogP contribution is -2.17. The third-order valence-corrected chi connectivity index (χ3v) is 3.62. The summed E-state index contributed by atoms with van der Waals surface area (Å²) in [6, 6.07) is 5.95. The number of pyridine rings is 1. The number of aryl methyl sites for hydroxylation is 1. The van der Waals surface area contributed by atoms with E-state index in [1.165, 1.54) is 0 Å². The molecule has 0 aliphatic carbocycles. The molecule has 96 valence electrons. The Morgan fingerprint density at radius 2 is 2.22 bits per heavy atom. The molecule has 5 nitrogen and oxygen atoms in total. The highest BCUT2D eigenvalue weighted by Gasteiger charge is 2.04. The molecule has 18 heavy (non-hydrogen) atoms. The summed E-state index contributed by atoms with van der Waals surface area (Å²) in [7, 11) is 1.99. The van der Waals surface area contributed by atoms with Crippen LogP contribution in [0.3, 0.4) is 0 Å². The highest BCUT2D eigenvalue weighted by atomic mass is 32.2. The maximum Gasteiger partial charge on any atom is 0.190 e. The van der Waals surface area contributed by atoms with Crippen molar-refractivity contribution in [3.63, 3.8) is 0 Å². The Morgan fingerprint density at radius 1 is 1.33 bits per heavy atom. The molecule has 0 amide bonds. The van der Waals surface area contributed by atoms with Crippen LogP contribution in [0.25, 0.3) is 0 Å². The molecule has 0 fully saturated rings. The predicted molar refractivity (Wildman–Crippen MR) is 72.4 cm³/mol. The zero-order valence-corrected chi connectivity index (χ0v) is 11.4. The first-order valence-electron chi connectivity index (χ1n) is 5.87. The minimum absolute atomic E-state index is 0.805. The molecule has 2 aromatic heterocycles. The molecule has 1 N–H and O–H groups in total. The van der Waals surface area contributed by atoms with Gasteiger partial charge in [-0.05, 0) is 19.1 Å². The van der Waals surface area contributed by atoms with Crippen molar-refractivity contribution in [3.05, 3.63) is 35.9 Å². The van der Waals surface area contributed by atoms with Gasteiger partial charge in [0.2, 0.25) is 0 Å². The lowest BCUT2D eigenvalue weighted by atomic mass is 10.3. The average molecular weight is 263 g/mol. The molecule has 0 aromatic carbocycles. The number of hydrogen-bond acceptors (Lipinski definition) is 5. The van der Waals surface area contributed by atoms with E-state index in [1.807, 2.05) is 42.9 Å². The van der Waals surface area contributed by atoms with Gasteiger partial charge in [0.1, 0.15) is 5.82 Å². The van der Waals surface area contributed by atoms with Gasteiger partial charge in [0, 0.05) is 32.1 Å². The summed E-state index contributed by atoms with van der Waals surface area (Å²) in [6.45, 7) is 3.68. The molecule has 6 heteroatoms. The van der Waals surface area contributed by atoms with Crippen molar-refractivity contribution in [1.29, 1.82) is 0 Å². The molecule has 0 spiro atoms. The molecule has 2 aromatic rings. The quantitative estimate of drug-likeness (QED) is 0.630. The molecule has 0 bridgehead atoms. The van der Waals surface area contributed by atoms with Crippen LogP contribution in [0.2, 0.25) is 0 Å². The SMILES string of the molecule is Cc1nnc(SCCNCc2ccccn2)n1C. The maximum absolute atomic E-state index is 4.26. The van der Waals surface area contributed by atoms with E-state index in [9.17, 15) is 0 Å². The highest BCUT2D eigenvalue weighted by molar-refractivity contribution is 7.99. The van der Waals surface area contributed by atoms with Gasteiger partial charge in [-0.2, -0.15) is 0 Å². The molecule has 2 rings (SSSR count). The van der Waals surface area contributed by atoms with Crippen LogP contribution in [0, 0.1) is 6.92 Å². The molecule has 2 heterocycles. The van der Waals surface area contributed by atoms with E-state index in [-0.39, 0.29) is 0 Å². The molecule has 0 saturated carbocycles. The van der Waals surface area contributed by atoms with Crippen molar-refractivity contribution in [2.24, 2.45) is 7.05 Å². The Kier molecular flexibility index (Phi) is 4.72. The molecule has 0 radical (unpaired) electrons. The number of nitrogens with one attached hydrogen (secondary N) is 1. The number of rotatable bonds is 6. The summed E-state index contributed by atoms with van der Waals surface area (Å²) in [5, 5.41) is 12.5. The topological polar surface area (TPSA) is 55.6 Å². The Hall–Kier alpha value is -1.40. The van der Waals surface area contributed by atoms with Crippen molar-refractivity contribution in [3.8, 4) is 0 Å². The molecule has 0 aliphatic heterocycles. The van der Waals surface area contributed by atoms with Gasteiger partial charge in [-0.1, -0.05) is 17.8 Å². The van der Waals surface area contributed by atoms with Crippen molar-refractivity contribution in [2.45, 2.75) is 18.6 Å². The van der Waals surface area contributed by atoms with Gasteiger partial charge in [0.25, 0.3) is 0 Å². The normalized spacial score (nSPS) is 10.8. The van der Waals surface area contributed by atoms with Crippen molar-refractivity contribution in [2.75, 3.05) is 12.3 Å². The first kappa shape index (κ1) is 13.0. The number of thioether (sulfide) groups is 1. The molecular weight excluding hydrogens is 246 g/mol. The number of nitrogens with zero attached hydrogens (tertiary/aromatic N) is 4. The lowest BCUT2D eigenvalue weighted by Gasteiger charge is -2.04. The smallest absolute Gasteiger partial charge is 0.190 e. The number of aromatic nitrogens is 4. The fraction of sp³-hybridized carbons (Fsp3) is 0.417. The van der Waals surface area contributed by atoms with Gasteiger partial charge in [-0.3, -0.25) is 4.98 Å². The molecule has 0 aliphatic rings. The Morgan fingerprint density at radius 3 is 2.89 bits per heavy atom. The fourth-order valence-electron chi connectivity index (χ4n) is 1.45. The van der Waals surface area contributed by atoms with Crippen molar-refractivity contribution in [1.82, 2.24) is 25.1 Å². The molecular formula is C12H17N5S. The van der Waals surface area contributed by atoms with Gasteiger partial charge in [0.15, 0.2) is 5.16 Å². The Bertz CT molecular complexity index is 482. The zero-order chi connectivity index (χ0) is 12.8. The molecule has 0 unspecified atom stereocenters. The van der Waals surface area contributed by atoms with Crippen LogP contribution < -0.4 is 5.32 Å². The van der Waals surface area contributed by atoms with E-state index in [2.05, 4.69) is 20.5 Å². The Balaban J connectivity index is 1.66. The van der Waals surface area contributed by atoms with Gasteiger partial charge >= 0.3 is 0 Å². The highest BCUT2D eigenvalue weighted by Crippen LogP contribution is 2.13. The van der Waals surface area contributed by atoms with E-state index < -0.39 is 0 Å². The lowest BCUT2D eigenvalue weighted by molar-refractivity contribution is 0.712. The van der Waals surface area contributed by atoms with Crippen molar-refractivity contribution < 1.29 is 0 Å². The van der Waals surface area contributed by atoms with Crippen LogP contribution in [-0.4, -0.2) is 32.0 Å². The van der Waals surface area contributed by atoms with Crippen LogP contribution >= 0.6 is 11.8 Å². The molecule has 0 atom stereocenters. The largest absolute Gasteiger partial charge is 0.310 e. The summed E-state index contributed by atoms with van der Waals surface area (Å²) < 4.78 is 2.00. The summed E-state index contributed by atoms with van der Waals surface area (Å²) >= 11 is 1.71. The van der Waals surface area contributed by atoms with Crippen LogP contribution in [0.5, 0.6) is 0 Å².